The second kappa shape index (κ2) is 7.15. The molecule has 1 aliphatic carbocycles. The van der Waals surface area contributed by atoms with Crippen LogP contribution in [0.5, 0.6) is 0 Å². The van der Waals surface area contributed by atoms with Gasteiger partial charge in [-0.15, -0.1) is 11.8 Å². The van der Waals surface area contributed by atoms with Crippen LogP contribution in [0.25, 0.3) is 0 Å². The van der Waals surface area contributed by atoms with Crippen molar-refractivity contribution in [3.05, 3.63) is 23.4 Å². The average molecular weight is 299 g/mol. The van der Waals surface area contributed by atoms with E-state index in [4.69, 9.17) is 11.6 Å². The van der Waals surface area contributed by atoms with Gasteiger partial charge < -0.3 is 5.32 Å². The molecule has 0 saturated heterocycles. The zero-order valence-electron chi connectivity index (χ0n) is 11.1. The molecule has 1 aromatic rings. The van der Waals surface area contributed by atoms with Crippen molar-refractivity contribution in [1.82, 2.24) is 4.98 Å². The minimum absolute atomic E-state index is 0.0189. The van der Waals surface area contributed by atoms with E-state index in [0.29, 0.717) is 16.1 Å². The second-order valence-corrected chi connectivity index (χ2v) is 6.97. The van der Waals surface area contributed by atoms with Gasteiger partial charge in [-0.25, -0.2) is 4.98 Å². The molecular formula is C14H19ClN2OS. The van der Waals surface area contributed by atoms with E-state index in [1.165, 1.54) is 38.3 Å². The van der Waals surface area contributed by atoms with Gasteiger partial charge in [0.2, 0.25) is 5.91 Å². The average Bonchev–Trinajstić information content (AvgIpc) is 2.42. The van der Waals surface area contributed by atoms with Crippen LogP contribution in [0, 0.1) is 0 Å². The van der Waals surface area contributed by atoms with Crippen molar-refractivity contribution >= 4 is 35.1 Å². The molecule has 1 fully saturated rings. The number of nitrogens with zero attached hydrogens (tertiary/aromatic N) is 1. The van der Waals surface area contributed by atoms with Crippen molar-refractivity contribution in [3.63, 3.8) is 0 Å². The Hall–Kier alpha value is -0.740. The van der Waals surface area contributed by atoms with E-state index in [-0.39, 0.29) is 11.2 Å². The van der Waals surface area contributed by atoms with Crippen LogP contribution in [-0.2, 0) is 4.79 Å². The minimum Gasteiger partial charge on any atom is -0.310 e. The molecule has 1 aromatic heterocycles. The van der Waals surface area contributed by atoms with E-state index < -0.39 is 0 Å². The summed E-state index contributed by atoms with van der Waals surface area (Å²) >= 11 is 7.55. The molecule has 1 unspecified atom stereocenters. The monoisotopic (exact) mass is 298 g/mol. The predicted octanol–water partition coefficient (Wildman–Crippen LogP) is 4.13. The van der Waals surface area contributed by atoms with Gasteiger partial charge in [-0.3, -0.25) is 4.79 Å². The fourth-order valence-corrected chi connectivity index (χ4v) is 3.71. The van der Waals surface area contributed by atoms with Crippen LogP contribution < -0.4 is 5.32 Å². The SMILES string of the molecule is CC(SC1CCCCC1)C(=O)Nc1ccc(Cl)cn1. The third kappa shape index (κ3) is 4.69. The maximum Gasteiger partial charge on any atom is 0.238 e. The summed E-state index contributed by atoms with van der Waals surface area (Å²) in [5, 5.41) is 3.99. The molecule has 3 nitrogen and oxygen atoms in total. The molecule has 1 atom stereocenters. The number of hydrogen-bond donors (Lipinski definition) is 1. The molecule has 0 bridgehead atoms. The Morgan fingerprint density at radius 2 is 2.16 bits per heavy atom. The first kappa shape index (κ1) is 14.7. The lowest BCUT2D eigenvalue weighted by Crippen LogP contribution is -2.25. The van der Waals surface area contributed by atoms with Crippen LogP contribution >= 0.6 is 23.4 Å². The topological polar surface area (TPSA) is 42.0 Å². The zero-order chi connectivity index (χ0) is 13.7. The fraction of sp³-hybridized carbons (Fsp3) is 0.571. The van der Waals surface area contributed by atoms with Crippen LogP contribution in [0.2, 0.25) is 5.02 Å². The first-order valence-electron chi connectivity index (χ1n) is 6.73. The zero-order valence-corrected chi connectivity index (χ0v) is 12.6. The van der Waals surface area contributed by atoms with Gasteiger partial charge in [0.1, 0.15) is 5.82 Å². The number of halogens is 1. The molecule has 2 rings (SSSR count). The van der Waals surface area contributed by atoms with Gasteiger partial charge in [0, 0.05) is 11.4 Å². The van der Waals surface area contributed by atoms with E-state index in [0.717, 1.165) is 0 Å². The number of thioether (sulfide) groups is 1. The lowest BCUT2D eigenvalue weighted by atomic mass is 10.0. The Morgan fingerprint density at radius 1 is 1.42 bits per heavy atom. The molecule has 1 heterocycles. The summed E-state index contributed by atoms with van der Waals surface area (Å²) in [7, 11) is 0. The number of aromatic nitrogens is 1. The summed E-state index contributed by atoms with van der Waals surface area (Å²) in [5.74, 6) is 0.580. The molecule has 0 spiro atoms. The molecule has 19 heavy (non-hydrogen) atoms. The number of rotatable bonds is 4. The minimum atomic E-state index is -0.0411. The lowest BCUT2D eigenvalue weighted by Gasteiger charge is -2.23. The Kier molecular flexibility index (Phi) is 5.52. The van der Waals surface area contributed by atoms with Crippen molar-refractivity contribution in [2.24, 2.45) is 0 Å². The number of pyridine rings is 1. The smallest absolute Gasteiger partial charge is 0.238 e. The number of anilines is 1. The number of hydrogen-bond acceptors (Lipinski definition) is 3. The highest BCUT2D eigenvalue weighted by atomic mass is 35.5. The van der Waals surface area contributed by atoms with E-state index in [2.05, 4.69) is 10.3 Å². The number of carbonyl (C=O) groups is 1. The second-order valence-electron chi connectivity index (χ2n) is 4.89. The molecular weight excluding hydrogens is 280 g/mol. The number of carbonyl (C=O) groups excluding carboxylic acids is 1. The van der Waals surface area contributed by atoms with Crippen LogP contribution in [-0.4, -0.2) is 21.4 Å². The van der Waals surface area contributed by atoms with Crippen molar-refractivity contribution in [2.45, 2.75) is 49.5 Å². The van der Waals surface area contributed by atoms with E-state index in [1.54, 1.807) is 23.9 Å². The van der Waals surface area contributed by atoms with Gasteiger partial charge in [-0.2, -0.15) is 0 Å². The predicted molar refractivity (Wildman–Crippen MR) is 81.8 cm³/mol. The molecule has 0 aliphatic heterocycles. The Bertz CT molecular complexity index is 418. The van der Waals surface area contributed by atoms with Crippen LogP contribution in [0.1, 0.15) is 39.0 Å². The standard InChI is InChI=1S/C14H19ClN2OS/c1-10(19-12-5-3-2-4-6-12)14(18)17-13-8-7-11(15)9-16-13/h7-10,12H,2-6H2,1H3,(H,16,17,18). The maximum absolute atomic E-state index is 12.1. The van der Waals surface area contributed by atoms with Gasteiger partial charge in [0.05, 0.1) is 10.3 Å². The van der Waals surface area contributed by atoms with Crippen molar-refractivity contribution in [1.29, 1.82) is 0 Å². The molecule has 104 valence electrons. The van der Waals surface area contributed by atoms with Crippen molar-refractivity contribution in [2.75, 3.05) is 5.32 Å². The third-order valence-electron chi connectivity index (χ3n) is 3.30. The molecule has 0 radical (unpaired) electrons. The lowest BCUT2D eigenvalue weighted by molar-refractivity contribution is -0.115. The molecule has 1 N–H and O–H groups in total. The quantitative estimate of drug-likeness (QED) is 0.909. The molecule has 1 aliphatic rings. The van der Waals surface area contributed by atoms with Crippen LogP contribution in [0.15, 0.2) is 18.3 Å². The first-order chi connectivity index (χ1) is 9.15. The third-order valence-corrected chi connectivity index (χ3v) is 5.00. The highest BCUT2D eigenvalue weighted by molar-refractivity contribution is 8.01. The normalized spacial score (nSPS) is 18.0. The Balaban J connectivity index is 1.83. The van der Waals surface area contributed by atoms with Gasteiger partial charge >= 0.3 is 0 Å². The summed E-state index contributed by atoms with van der Waals surface area (Å²) in [5.41, 5.74) is 0. The van der Waals surface area contributed by atoms with E-state index >= 15 is 0 Å². The van der Waals surface area contributed by atoms with E-state index in [9.17, 15) is 4.79 Å². The van der Waals surface area contributed by atoms with Crippen LogP contribution in [0.3, 0.4) is 0 Å². The largest absolute Gasteiger partial charge is 0.310 e. The molecule has 1 amide bonds. The summed E-state index contributed by atoms with van der Waals surface area (Å²) in [6.45, 7) is 1.96. The summed E-state index contributed by atoms with van der Waals surface area (Å²) < 4.78 is 0. The van der Waals surface area contributed by atoms with Gasteiger partial charge in [-0.05, 0) is 31.9 Å². The fourth-order valence-electron chi connectivity index (χ4n) is 2.23. The summed E-state index contributed by atoms with van der Waals surface area (Å²) in [6.07, 6.45) is 7.95. The number of nitrogens with one attached hydrogen (secondary N) is 1. The van der Waals surface area contributed by atoms with Gasteiger partial charge in [0.15, 0.2) is 0 Å². The maximum atomic E-state index is 12.1. The molecule has 1 saturated carbocycles. The summed E-state index contributed by atoms with van der Waals surface area (Å²) in [4.78, 5) is 16.1. The van der Waals surface area contributed by atoms with Crippen LogP contribution in [0.4, 0.5) is 5.82 Å². The highest BCUT2D eigenvalue weighted by Crippen LogP contribution is 2.31. The van der Waals surface area contributed by atoms with E-state index in [1.807, 2.05) is 6.92 Å². The summed E-state index contributed by atoms with van der Waals surface area (Å²) in [6, 6.07) is 3.45. The highest BCUT2D eigenvalue weighted by Gasteiger charge is 2.21. The molecule has 0 aromatic carbocycles. The Morgan fingerprint density at radius 3 is 2.79 bits per heavy atom. The van der Waals surface area contributed by atoms with Crippen molar-refractivity contribution < 1.29 is 4.79 Å². The Labute approximate surface area is 123 Å². The van der Waals surface area contributed by atoms with Crippen molar-refractivity contribution in [3.8, 4) is 0 Å². The van der Waals surface area contributed by atoms with Gasteiger partial charge in [0.25, 0.3) is 0 Å². The molecule has 5 heteroatoms. The first-order valence-corrected chi connectivity index (χ1v) is 8.05. The van der Waals surface area contributed by atoms with Gasteiger partial charge in [-0.1, -0.05) is 30.9 Å². The number of amides is 1.